The van der Waals surface area contributed by atoms with Gasteiger partial charge in [-0.25, -0.2) is 4.68 Å². The zero-order valence-corrected chi connectivity index (χ0v) is 8.80. The van der Waals surface area contributed by atoms with Crippen LogP contribution in [0, 0.1) is 0 Å². The van der Waals surface area contributed by atoms with Gasteiger partial charge in [0.05, 0.1) is 9.94 Å². The summed E-state index contributed by atoms with van der Waals surface area (Å²) in [5, 5.41) is 8.31. The zero-order chi connectivity index (χ0) is 9.26. The molecule has 1 aromatic carbocycles. The van der Waals surface area contributed by atoms with Gasteiger partial charge < -0.3 is 0 Å². The Morgan fingerprint density at radius 1 is 1.38 bits per heavy atom. The topological polar surface area (TPSA) is 47.8 Å². The Balaban J connectivity index is 2.87. The molecule has 0 radical (unpaired) electrons. The van der Waals surface area contributed by atoms with Crippen molar-refractivity contribution in [1.29, 1.82) is 0 Å². The molecule has 0 saturated heterocycles. The number of halogens is 1. The SMILES string of the molecule is O=c1c2ccccc2nnn1CI. The van der Waals surface area contributed by atoms with E-state index >= 15 is 0 Å². The van der Waals surface area contributed by atoms with Gasteiger partial charge >= 0.3 is 0 Å². The number of hydrogen-bond acceptors (Lipinski definition) is 3. The van der Waals surface area contributed by atoms with E-state index in [4.69, 9.17) is 0 Å². The number of benzene rings is 1. The fraction of sp³-hybridized carbons (Fsp3) is 0.125. The van der Waals surface area contributed by atoms with E-state index in [0.717, 1.165) is 0 Å². The summed E-state index contributed by atoms with van der Waals surface area (Å²) in [5.74, 6) is 0. The fourth-order valence-corrected chi connectivity index (χ4v) is 1.55. The van der Waals surface area contributed by atoms with Crippen molar-refractivity contribution in [1.82, 2.24) is 15.0 Å². The highest BCUT2D eigenvalue weighted by molar-refractivity contribution is 14.1. The van der Waals surface area contributed by atoms with Crippen LogP contribution in [0.3, 0.4) is 0 Å². The van der Waals surface area contributed by atoms with E-state index in [2.05, 4.69) is 32.9 Å². The molecule has 66 valence electrons. The van der Waals surface area contributed by atoms with Crippen molar-refractivity contribution in [3.8, 4) is 0 Å². The van der Waals surface area contributed by atoms with Crippen LogP contribution in [0.5, 0.6) is 0 Å². The number of rotatable bonds is 1. The van der Waals surface area contributed by atoms with Gasteiger partial charge in [-0.2, -0.15) is 0 Å². The van der Waals surface area contributed by atoms with Crippen LogP contribution in [-0.2, 0) is 4.55 Å². The predicted molar refractivity (Wildman–Crippen MR) is 57.8 cm³/mol. The highest BCUT2D eigenvalue weighted by atomic mass is 127. The van der Waals surface area contributed by atoms with Gasteiger partial charge in [-0.1, -0.05) is 39.9 Å². The van der Waals surface area contributed by atoms with Gasteiger partial charge in [-0.3, -0.25) is 4.79 Å². The first-order chi connectivity index (χ1) is 6.33. The standard InChI is InChI=1S/C8H6IN3O/c9-5-12-8(13)6-3-1-2-4-7(6)10-11-12/h1-4H,5H2. The van der Waals surface area contributed by atoms with Gasteiger partial charge in [0.15, 0.2) is 0 Å². The van der Waals surface area contributed by atoms with E-state index in [1.54, 1.807) is 12.1 Å². The predicted octanol–water partition coefficient (Wildman–Crippen LogP) is 1.18. The van der Waals surface area contributed by atoms with E-state index in [1.807, 2.05) is 12.1 Å². The van der Waals surface area contributed by atoms with Crippen molar-refractivity contribution in [3.05, 3.63) is 34.6 Å². The summed E-state index contributed by atoms with van der Waals surface area (Å²) >= 11 is 2.07. The van der Waals surface area contributed by atoms with Crippen molar-refractivity contribution in [3.63, 3.8) is 0 Å². The molecular formula is C8H6IN3O. The Hall–Kier alpha value is -0.980. The first-order valence-electron chi connectivity index (χ1n) is 3.71. The Morgan fingerprint density at radius 2 is 2.15 bits per heavy atom. The molecule has 0 bridgehead atoms. The number of aromatic nitrogens is 3. The van der Waals surface area contributed by atoms with E-state index < -0.39 is 0 Å². The summed E-state index contributed by atoms with van der Waals surface area (Å²) in [7, 11) is 0. The second-order valence-electron chi connectivity index (χ2n) is 2.53. The maximum Gasteiger partial charge on any atom is 0.278 e. The largest absolute Gasteiger partial charge is 0.278 e. The molecule has 1 heterocycles. The Bertz CT molecular complexity index is 494. The molecular weight excluding hydrogens is 281 g/mol. The summed E-state index contributed by atoms with van der Waals surface area (Å²) in [5.41, 5.74) is 0.564. The Labute approximate surface area is 87.7 Å². The number of fused-ring (bicyclic) bond motifs is 1. The van der Waals surface area contributed by atoms with Crippen LogP contribution in [0.15, 0.2) is 29.1 Å². The summed E-state index contributed by atoms with van der Waals surface area (Å²) in [4.78, 5) is 11.6. The van der Waals surface area contributed by atoms with Crippen molar-refractivity contribution < 1.29 is 0 Å². The molecule has 0 fully saturated rings. The number of nitrogens with zero attached hydrogens (tertiary/aromatic N) is 3. The Kier molecular flexibility index (Phi) is 2.26. The zero-order valence-electron chi connectivity index (χ0n) is 6.64. The third-order valence-corrected chi connectivity index (χ3v) is 2.39. The highest BCUT2D eigenvalue weighted by Crippen LogP contribution is 2.03. The minimum absolute atomic E-state index is 0.0833. The second kappa shape index (κ2) is 3.41. The molecule has 0 atom stereocenters. The first-order valence-corrected chi connectivity index (χ1v) is 5.24. The third kappa shape index (κ3) is 1.43. The van der Waals surface area contributed by atoms with Crippen molar-refractivity contribution in [2.75, 3.05) is 0 Å². The maximum atomic E-state index is 11.6. The molecule has 0 amide bonds. The van der Waals surface area contributed by atoms with Crippen LogP contribution in [0.2, 0.25) is 0 Å². The van der Waals surface area contributed by atoms with Gasteiger partial charge in [0.2, 0.25) is 0 Å². The molecule has 1 aromatic heterocycles. The lowest BCUT2D eigenvalue weighted by molar-refractivity contribution is 0.657. The molecule has 2 rings (SSSR count). The average molecular weight is 287 g/mol. The van der Waals surface area contributed by atoms with Gasteiger partial charge in [-0.05, 0) is 12.1 Å². The van der Waals surface area contributed by atoms with Crippen LogP contribution in [-0.4, -0.2) is 15.0 Å². The van der Waals surface area contributed by atoms with Gasteiger partial charge in [0, 0.05) is 0 Å². The smallest absolute Gasteiger partial charge is 0.267 e. The molecule has 0 aliphatic rings. The summed E-state index contributed by atoms with van der Waals surface area (Å²) < 4.78 is 1.86. The van der Waals surface area contributed by atoms with Gasteiger partial charge in [0.1, 0.15) is 5.52 Å². The molecule has 0 aliphatic heterocycles. The van der Waals surface area contributed by atoms with Crippen molar-refractivity contribution in [2.24, 2.45) is 0 Å². The normalized spacial score (nSPS) is 10.5. The van der Waals surface area contributed by atoms with Crippen LogP contribution in [0.4, 0.5) is 0 Å². The highest BCUT2D eigenvalue weighted by Gasteiger charge is 2.02. The molecule has 0 spiro atoms. The van der Waals surface area contributed by atoms with Crippen LogP contribution in [0.25, 0.3) is 10.9 Å². The third-order valence-electron chi connectivity index (χ3n) is 1.74. The monoisotopic (exact) mass is 287 g/mol. The molecule has 0 saturated carbocycles. The molecule has 5 heteroatoms. The Morgan fingerprint density at radius 3 is 2.92 bits per heavy atom. The molecule has 2 aromatic rings. The minimum Gasteiger partial charge on any atom is -0.267 e. The lowest BCUT2D eigenvalue weighted by Crippen LogP contribution is -2.22. The second-order valence-corrected chi connectivity index (χ2v) is 3.21. The van der Waals surface area contributed by atoms with E-state index in [0.29, 0.717) is 15.5 Å². The average Bonchev–Trinajstić information content (AvgIpc) is 2.19. The summed E-state index contributed by atoms with van der Waals surface area (Å²) in [6.07, 6.45) is 0. The number of alkyl halides is 1. The fourth-order valence-electron chi connectivity index (χ4n) is 1.10. The molecule has 4 nitrogen and oxygen atoms in total. The quantitative estimate of drug-likeness (QED) is 0.584. The van der Waals surface area contributed by atoms with Gasteiger partial charge in [-0.15, -0.1) is 5.10 Å². The molecule has 0 aliphatic carbocycles. The van der Waals surface area contributed by atoms with Crippen molar-refractivity contribution in [2.45, 2.75) is 4.55 Å². The summed E-state index contributed by atoms with van der Waals surface area (Å²) in [6, 6.07) is 7.20. The van der Waals surface area contributed by atoms with E-state index in [9.17, 15) is 4.79 Å². The van der Waals surface area contributed by atoms with Crippen molar-refractivity contribution >= 4 is 33.5 Å². The minimum atomic E-state index is -0.0833. The van der Waals surface area contributed by atoms with Gasteiger partial charge in [0.25, 0.3) is 5.56 Å². The lowest BCUT2D eigenvalue weighted by atomic mass is 10.2. The van der Waals surface area contributed by atoms with Crippen LogP contribution >= 0.6 is 22.6 Å². The first kappa shape index (κ1) is 8.61. The molecule has 0 N–H and O–H groups in total. The molecule has 13 heavy (non-hydrogen) atoms. The maximum absolute atomic E-state index is 11.6. The van der Waals surface area contributed by atoms with E-state index in [-0.39, 0.29) is 5.56 Å². The summed E-state index contributed by atoms with van der Waals surface area (Å²) in [6.45, 7) is 0. The lowest BCUT2D eigenvalue weighted by Gasteiger charge is -1.98. The number of hydrogen-bond donors (Lipinski definition) is 0. The van der Waals surface area contributed by atoms with Crippen LogP contribution < -0.4 is 5.56 Å². The van der Waals surface area contributed by atoms with Crippen LogP contribution in [0.1, 0.15) is 0 Å². The molecule has 0 unspecified atom stereocenters. The van der Waals surface area contributed by atoms with E-state index in [1.165, 1.54) is 4.68 Å².